The smallest absolute Gasteiger partial charge is 0.407 e. The lowest BCUT2D eigenvalue weighted by atomic mass is 10.0. The Hall–Kier alpha value is -4.34. The zero-order valence-electron chi connectivity index (χ0n) is 21.9. The average molecular weight is 535 g/mol. The first-order chi connectivity index (χ1) is 18.8. The van der Waals surface area contributed by atoms with Crippen LogP contribution in [0, 0.1) is 5.92 Å². The molecule has 10 nitrogen and oxygen atoms in total. The highest BCUT2D eigenvalue weighted by atomic mass is 16.5. The van der Waals surface area contributed by atoms with E-state index in [4.69, 9.17) is 4.74 Å². The number of nitrogens with one attached hydrogen (secondary N) is 3. The zero-order chi connectivity index (χ0) is 27.8. The molecule has 3 aromatic rings. The van der Waals surface area contributed by atoms with Gasteiger partial charge in [0.1, 0.15) is 18.3 Å². The predicted molar refractivity (Wildman–Crippen MR) is 145 cm³/mol. The van der Waals surface area contributed by atoms with Gasteiger partial charge in [-0.05, 0) is 43.4 Å². The number of ether oxygens (including phenoxy) is 1. The van der Waals surface area contributed by atoms with Gasteiger partial charge in [-0.25, -0.2) is 4.79 Å². The maximum atomic E-state index is 13.2. The van der Waals surface area contributed by atoms with Gasteiger partial charge in [0.05, 0.1) is 5.92 Å². The summed E-state index contributed by atoms with van der Waals surface area (Å²) >= 11 is 0. The number of carboxylic acid groups (broad SMARTS) is 1. The molecule has 1 heterocycles. The number of hydrogen-bond acceptors (Lipinski definition) is 5. The average Bonchev–Trinajstić information content (AvgIpc) is 3.54. The van der Waals surface area contributed by atoms with Gasteiger partial charge in [0.2, 0.25) is 5.91 Å². The van der Waals surface area contributed by atoms with Gasteiger partial charge in [0, 0.05) is 30.5 Å². The largest absolute Gasteiger partial charge is 0.481 e. The molecule has 3 atom stereocenters. The van der Waals surface area contributed by atoms with Gasteiger partial charge in [0.15, 0.2) is 0 Å². The molecule has 0 unspecified atom stereocenters. The number of aryl methyl sites for hydroxylation is 1. The van der Waals surface area contributed by atoms with E-state index in [9.17, 15) is 24.3 Å². The first-order valence-corrected chi connectivity index (χ1v) is 13.2. The Balaban J connectivity index is 1.37. The predicted octanol–water partition coefficient (Wildman–Crippen LogP) is 3.35. The van der Waals surface area contributed by atoms with E-state index >= 15 is 0 Å². The van der Waals surface area contributed by atoms with Gasteiger partial charge in [0.25, 0.3) is 5.91 Å². The number of amides is 3. The van der Waals surface area contributed by atoms with Crippen LogP contribution in [0.2, 0.25) is 0 Å². The molecule has 0 radical (unpaired) electrons. The minimum absolute atomic E-state index is 0.144. The molecule has 3 amide bonds. The second-order valence-electron chi connectivity index (χ2n) is 9.79. The van der Waals surface area contributed by atoms with Crippen molar-refractivity contribution in [3.05, 3.63) is 71.9 Å². The number of fused-ring (bicyclic) bond motifs is 1. The van der Waals surface area contributed by atoms with Crippen molar-refractivity contribution in [2.24, 2.45) is 13.0 Å². The maximum Gasteiger partial charge on any atom is 0.407 e. The Morgan fingerprint density at radius 2 is 1.79 bits per heavy atom. The molecule has 0 saturated heterocycles. The van der Waals surface area contributed by atoms with Crippen molar-refractivity contribution in [2.45, 2.75) is 50.8 Å². The Morgan fingerprint density at radius 3 is 2.54 bits per heavy atom. The van der Waals surface area contributed by atoms with E-state index in [0.717, 1.165) is 16.5 Å². The van der Waals surface area contributed by atoms with Crippen molar-refractivity contribution in [1.82, 2.24) is 20.5 Å². The van der Waals surface area contributed by atoms with E-state index in [1.165, 1.54) is 0 Å². The number of aromatic nitrogens is 1. The normalized spacial score (nSPS) is 17.4. The third kappa shape index (κ3) is 7.16. The van der Waals surface area contributed by atoms with E-state index < -0.39 is 41.9 Å². The number of rotatable bonds is 11. The topological polar surface area (TPSA) is 139 Å². The Labute approximate surface area is 226 Å². The fourth-order valence-electron chi connectivity index (χ4n) is 4.99. The van der Waals surface area contributed by atoms with Crippen LogP contribution in [0.25, 0.3) is 10.9 Å². The Kier molecular flexibility index (Phi) is 9.19. The van der Waals surface area contributed by atoms with Crippen molar-refractivity contribution in [3.63, 3.8) is 0 Å². The van der Waals surface area contributed by atoms with E-state index in [1.54, 1.807) is 17.7 Å². The third-order valence-corrected chi connectivity index (χ3v) is 7.12. The van der Waals surface area contributed by atoms with Gasteiger partial charge in [-0.1, -0.05) is 55.0 Å². The molecule has 206 valence electrons. The van der Waals surface area contributed by atoms with Crippen molar-refractivity contribution >= 4 is 34.8 Å². The van der Waals surface area contributed by atoms with Crippen molar-refractivity contribution < 1.29 is 29.0 Å². The standard InChI is InChI=1S/C29H34N4O6/c1-33-24-15-6-5-11-20(24)17-25(33)27(35)32-23(26(34)31-22-13-7-12-21(22)28(36)37)14-8-16-30-29(38)39-18-19-9-3-2-4-10-19/h2-6,9-11,15,17,21-23H,7-8,12-14,16,18H2,1H3,(H,30,38)(H,31,34)(H,32,35)(H,36,37)/t21-,22+,23-/m0/s1. The molecule has 39 heavy (non-hydrogen) atoms. The van der Waals surface area contributed by atoms with Crippen LogP contribution in [-0.4, -0.2) is 52.2 Å². The van der Waals surface area contributed by atoms with Crippen molar-refractivity contribution in [2.75, 3.05) is 6.54 Å². The van der Waals surface area contributed by atoms with Gasteiger partial charge in [-0.2, -0.15) is 0 Å². The minimum Gasteiger partial charge on any atom is -0.481 e. The monoisotopic (exact) mass is 534 g/mol. The Morgan fingerprint density at radius 1 is 1.05 bits per heavy atom. The molecule has 1 aromatic heterocycles. The van der Waals surface area contributed by atoms with Gasteiger partial charge >= 0.3 is 12.1 Å². The summed E-state index contributed by atoms with van der Waals surface area (Å²) in [6.45, 7) is 0.382. The van der Waals surface area contributed by atoms with Crippen LogP contribution in [0.5, 0.6) is 0 Å². The van der Waals surface area contributed by atoms with Crippen LogP contribution >= 0.6 is 0 Å². The van der Waals surface area contributed by atoms with Gasteiger partial charge in [-0.15, -0.1) is 0 Å². The van der Waals surface area contributed by atoms with Gasteiger partial charge < -0.3 is 30.4 Å². The van der Waals surface area contributed by atoms with Gasteiger partial charge in [-0.3, -0.25) is 14.4 Å². The van der Waals surface area contributed by atoms with Crippen LogP contribution in [-0.2, 0) is 28.0 Å². The lowest BCUT2D eigenvalue weighted by molar-refractivity contribution is -0.142. The number of aliphatic carboxylic acids is 1. The molecule has 10 heteroatoms. The van der Waals surface area contributed by atoms with E-state index in [0.29, 0.717) is 31.4 Å². The molecular formula is C29H34N4O6. The number of benzene rings is 2. The molecule has 1 saturated carbocycles. The number of nitrogens with zero attached hydrogens (tertiary/aromatic N) is 1. The highest BCUT2D eigenvalue weighted by molar-refractivity contribution is 6.00. The summed E-state index contributed by atoms with van der Waals surface area (Å²) in [6.07, 6.45) is 1.84. The van der Waals surface area contributed by atoms with Crippen LogP contribution in [0.15, 0.2) is 60.7 Å². The van der Waals surface area contributed by atoms with E-state index in [-0.39, 0.29) is 19.6 Å². The summed E-state index contributed by atoms with van der Waals surface area (Å²) in [5.74, 6) is -2.44. The first-order valence-electron chi connectivity index (χ1n) is 13.2. The third-order valence-electron chi connectivity index (χ3n) is 7.12. The van der Waals surface area contributed by atoms with E-state index in [1.807, 2.05) is 54.6 Å². The summed E-state index contributed by atoms with van der Waals surface area (Å²) in [6, 6.07) is 17.3. The SMILES string of the molecule is Cn1c(C(=O)N[C@@H](CCCNC(=O)OCc2ccccc2)C(=O)N[C@@H]2CCC[C@@H]2C(=O)O)cc2ccccc21. The summed E-state index contributed by atoms with van der Waals surface area (Å²) in [5, 5.41) is 18.7. The lowest BCUT2D eigenvalue weighted by Gasteiger charge is -2.23. The molecule has 0 aliphatic heterocycles. The molecule has 1 aliphatic rings. The number of alkyl carbamates (subject to hydrolysis) is 1. The first kappa shape index (κ1) is 27.7. The van der Waals surface area contributed by atoms with Crippen LogP contribution in [0.3, 0.4) is 0 Å². The molecule has 2 aromatic carbocycles. The summed E-state index contributed by atoms with van der Waals surface area (Å²) in [7, 11) is 1.79. The summed E-state index contributed by atoms with van der Waals surface area (Å²) in [5.41, 5.74) is 2.16. The number of carboxylic acids is 1. The fourth-order valence-corrected chi connectivity index (χ4v) is 4.99. The van der Waals surface area contributed by atoms with Crippen molar-refractivity contribution in [3.8, 4) is 0 Å². The van der Waals surface area contributed by atoms with Crippen LogP contribution in [0.4, 0.5) is 4.79 Å². The number of carbonyl (C=O) groups is 4. The van der Waals surface area contributed by atoms with E-state index in [2.05, 4.69) is 16.0 Å². The summed E-state index contributed by atoms with van der Waals surface area (Å²) in [4.78, 5) is 50.1. The highest BCUT2D eigenvalue weighted by Gasteiger charge is 2.35. The number of hydrogen-bond donors (Lipinski definition) is 4. The van der Waals surface area contributed by atoms with Crippen LogP contribution in [0.1, 0.15) is 48.2 Å². The minimum atomic E-state index is -0.938. The lowest BCUT2D eigenvalue weighted by Crippen LogP contribution is -2.51. The maximum absolute atomic E-state index is 13.2. The molecule has 0 spiro atoms. The summed E-state index contributed by atoms with van der Waals surface area (Å²) < 4.78 is 6.98. The second kappa shape index (κ2) is 12.9. The molecular weight excluding hydrogens is 500 g/mol. The fraction of sp³-hybridized carbons (Fsp3) is 0.379. The zero-order valence-corrected chi connectivity index (χ0v) is 21.9. The Bertz CT molecular complexity index is 1320. The molecule has 4 N–H and O–H groups in total. The van der Waals surface area contributed by atoms with Crippen LogP contribution < -0.4 is 16.0 Å². The molecule has 1 aliphatic carbocycles. The highest BCUT2D eigenvalue weighted by Crippen LogP contribution is 2.26. The number of para-hydroxylation sites is 1. The molecule has 4 rings (SSSR count). The molecule has 1 fully saturated rings. The number of carbonyl (C=O) groups excluding carboxylic acids is 3. The van der Waals surface area contributed by atoms with Crippen molar-refractivity contribution in [1.29, 1.82) is 0 Å². The second-order valence-corrected chi connectivity index (χ2v) is 9.79. The molecule has 0 bridgehead atoms. The quantitative estimate of drug-likeness (QED) is 0.278.